The molecular weight excluding hydrogens is 332 g/mol. The molecule has 1 aromatic heterocycles. The SMILES string of the molecule is O=C(Nc1ncc(Br)cc1Cl)OCc1ccccc1. The molecule has 4 nitrogen and oxygen atoms in total. The third kappa shape index (κ3) is 4.22. The number of amides is 1. The van der Waals surface area contributed by atoms with Crippen molar-refractivity contribution in [3.05, 3.63) is 57.7 Å². The molecule has 1 heterocycles. The highest BCUT2D eigenvalue weighted by Crippen LogP contribution is 2.22. The van der Waals surface area contributed by atoms with Gasteiger partial charge in [-0.15, -0.1) is 0 Å². The Hall–Kier alpha value is -1.59. The molecule has 1 N–H and O–H groups in total. The maximum Gasteiger partial charge on any atom is 0.413 e. The van der Waals surface area contributed by atoms with Crippen LogP contribution in [0.25, 0.3) is 0 Å². The molecule has 2 aromatic rings. The van der Waals surface area contributed by atoms with E-state index in [1.807, 2.05) is 30.3 Å². The zero-order chi connectivity index (χ0) is 13.7. The molecule has 0 bridgehead atoms. The average Bonchev–Trinajstić information content (AvgIpc) is 2.41. The largest absolute Gasteiger partial charge is 0.444 e. The van der Waals surface area contributed by atoms with E-state index in [0.717, 1.165) is 10.0 Å². The first kappa shape index (κ1) is 13.8. The zero-order valence-corrected chi connectivity index (χ0v) is 12.1. The van der Waals surface area contributed by atoms with Gasteiger partial charge in [0, 0.05) is 10.7 Å². The zero-order valence-electron chi connectivity index (χ0n) is 9.77. The van der Waals surface area contributed by atoms with Crippen LogP contribution in [-0.4, -0.2) is 11.1 Å². The number of aromatic nitrogens is 1. The Bertz CT molecular complexity index is 578. The predicted molar refractivity (Wildman–Crippen MR) is 77.2 cm³/mol. The number of hydrogen-bond acceptors (Lipinski definition) is 3. The van der Waals surface area contributed by atoms with Crippen molar-refractivity contribution in [2.24, 2.45) is 0 Å². The number of benzene rings is 1. The van der Waals surface area contributed by atoms with Gasteiger partial charge in [-0.1, -0.05) is 41.9 Å². The number of carbonyl (C=O) groups is 1. The average molecular weight is 342 g/mol. The fourth-order valence-corrected chi connectivity index (χ4v) is 2.04. The standard InChI is InChI=1S/C13H10BrClN2O2/c14-10-6-11(15)12(16-7-10)17-13(18)19-8-9-4-2-1-3-5-9/h1-7H,8H2,(H,16,17,18). The molecule has 0 spiro atoms. The molecule has 2 rings (SSSR count). The maximum absolute atomic E-state index is 11.6. The number of pyridine rings is 1. The van der Waals surface area contributed by atoms with Crippen molar-refractivity contribution in [2.75, 3.05) is 5.32 Å². The molecule has 19 heavy (non-hydrogen) atoms. The Kier molecular flexibility index (Phi) is 4.76. The first-order valence-corrected chi connectivity index (χ1v) is 6.61. The van der Waals surface area contributed by atoms with E-state index in [-0.39, 0.29) is 12.4 Å². The monoisotopic (exact) mass is 340 g/mol. The van der Waals surface area contributed by atoms with Crippen molar-refractivity contribution in [1.82, 2.24) is 4.98 Å². The summed E-state index contributed by atoms with van der Waals surface area (Å²) in [5.74, 6) is 0.267. The summed E-state index contributed by atoms with van der Waals surface area (Å²) in [7, 11) is 0. The van der Waals surface area contributed by atoms with Crippen LogP contribution in [0.1, 0.15) is 5.56 Å². The number of halogens is 2. The second-order valence-electron chi connectivity index (χ2n) is 3.67. The number of nitrogens with zero attached hydrogens (tertiary/aromatic N) is 1. The van der Waals surface area contributed by atoms with Gasteiger partial charge in [-0.05, 0) is 27.6 Å². The van der Waals surface area contributed by atoms with E-state index in [1.165, 1.54) is 0 Å². The molecule has 0 aliphatic rings. The highest BCUT2D eigenvalue weighted by Gasteiger charge is 2.08. The molecule has 1 amide bonds. The predicted octanol–water partition coefficient (Wildman–Crippen LogP) is 4.25. The van der Waals surface area contributed by atoms with E-state index in [1.54, 1.807) is 12.3 Å². The van der Waals surface area contributed by atoms with Crippen LogP contribution in [0, 0.1) is 0 Å². The van der Waals surface area contributed by atoms with E-state index >= 15 is 0 Å². The van der Waals surface area contributed by atoms with Crippen LogP contribution in [0.4, 0.5) is 10.6 Å². The fraction of sp³-hybridized carbons (Fsp3) is 0.0769. The molecule has 0 atom stereocenters. The van der Waals surface area contributed by atoms with Crippen molar-refractivity contribution in [2.45, 2.75) is 6.61 Å². The Morgan fingerprint density at radius 1 is 1.37 bits per heavy atom. The van der Waals surface area contributed by atoms with Gasteiger partial charge in [0.2, 0.25) is 0 Å². The molecule has 0 unspecified atom stereocenters. The Morgan fingerprint density at radius 2 is 2.11 bits per heavy atom. The van der Waals surface area contributed by atoms with Crippen LogP contribution >= 0.6 is 27.5 Å². The van der Waals surface area contributed by atoms with Crippen LogP contribution in [0.2, 0.25) is 5.02 Å². The van der Waals surface area contributed by atoms with Gasteiger partial charge >= 0.3 is 6.09 Å². The lowest BCUT2D eigenvalue weighted by atomic mass is 10.2. The summed E-state index contributed by atoms with van der Waals surface area (Å²) in [6, 6.07) is 11.0. The first-order chi connectivity index (χ1) is 9.15. The lowest BCUT2D eigenvalue weighted by Gasteiger charge is -2.07. The number of ether oxygens (including phenoxy) is 1. The highest BCUT2D eigenvalue weighted by molar-refractivity contribution is 9.10. The number of carbonyl (C=O) groups excluding carboxylic acids is 1. The van der Waals surface area contributed by atoms with Crippen LogP contribution in [-0.2, 0) is 11.3 Å². The van der Waals surface area contributed by atoms with E-state index < -0.39 is 6.09 Å². The second kappa shape index (κ2) is 6.54. The smallest absolute Gasteiger partial charge is 0.413 e. The third-order valence-electron chi connectivity index (χ3n) is 2.24. The minimum absolute atomic E-state index is 0.195. The summed E-state index contributed by atoms with van der Waals surface area (Å²) >= 11 is 9.16. The third-order valence-corrected chi connectivity index (χ3v) is 2.96. The molecular formula is C13H10BrClN2O2. The molecule has 0 saturated heterocycles. The van der Waals surface area contributed by atoms with Crippen LogP contribution in [0.3, 0.4) is 0 Å². The van der Waals surface area contributed by atoms with E-state index in [4.69, 9.17) is 16.3 Å². The van der Waals surface area contributed by atoms with E-state index in [0.29, 0.717) is 5.02 Å². The molecule has 1 aromatic carbocycles. The van der Waals surface area contributed by atoms with Crippen molar-refractivity contribution >= 4 is 39.4 Å². The van der Waals surface area contributed by atoms with Gasteiger partial charge in [-0.3, -0.25) is 5.32 Å². The molecule has 0 aliphatic heterocycles. The number of rotatable bonds is 3. The van der Waals surface area contributed by atoms with Gasteiger partial charge in [0.15, 0.2) is 5.82 Å². The molecule has 0 fully saturated rings. The quantitative estimate of drug-likeness (QED) is 0.908. The minimum atomic E-state index is -0.597. The van der Waals surface area contributed by atoms with Crippen LogP contribution in [0.5, 0.6) is 0 Å². The lowest BCUT2D eigenvalue weighted by Crippen LogP contribution is -2.14. The number of nitrogens with one attached hydrogen (secondary N) is 1. The van der Waals surface area contributed by atoms with Gasteiger partial charge < -0.3 is 4.74 Å². The summed E-state index contributed by atoms with van der Waals surface area (Å²) in [6.07, 6.45) is 0.944. The molecule has 0 radical (unpaired) electrons. The summed E-state index contributed by atoms with van der Waals surface area (Å²) in [4.78, 5) is 15.6. The maximum atomic E-state index is 11.6. The second-order valence-corrected chi connectivity index (χ2v) is 4.99. The Labute approximate surface area is 123 Å². The van der Waals surface area contributed by atoms with E-state index in [2.05, 4.69) is 26.2 Å². The minimum Gasteiger partial charge on any atom is -0.444 e. The van der Waals surface area contributed by atoms with Crippen molar-refractivity contribution in [3.8, 4) is 0 Å². The van der Waals surface area contributed by atoms with Gasteiger partial charge in [0.25, 0.3) is 0 Å². The normalized spacial score (nSPS) is 10.0. The van der Waals surface area contributed by atoms with Gasteiger partial charge in [0.05, 0.1) is 5.02 Å². The van der Waals surface area contributed by atoms with Crippen LogP contribution in [0.15, 0.2) is 47.1 Å². The molecule has 0 saturated carbocycles. The summed E-state index contributed by atoms with van der Waals surface area (Å²) < 4.78 is 5.79. The number of anilines is 1. The molecule has 98 valence electrons. The molecule has 0 aliphatic carbocycles. The van der Waals surface area contributed by atoms with Crippen molar-refractivity contribution in [3.63, 3.8) is 0 Å². The summed E-state index contributed by atoms with van der Waals surface area (Å²) in [5.41, 5.74) is 0.910. The van der Waals surface area contributed by atoms with Crippen molar-refractivity contribution < 1.29 is 9.53 Å². The van der Waals surface area contributed by atoms with Crippen molar-refractivity contribution in [1.29, 1.82) is 0 Å². The Morgan fingerprint density at radius 3 is 2.79 bits per heavy atom. The first-order valence-electron chi connectivity index (χ1n) is 5.44. The molecule has 6 heteroatoms. The Balaban J connectivity index is 1.91. The van der Waals surface area contributed by atoms with Gasteiger partial charge in [-0.25, -0.2) is 9.78 Å². The highest BCUT2D eigenvalue weighted by atomic mass is 79.9. The van der Waals surface area contributed by atoms with Gasteiger partial charge in [0.1, 0.15) is 6.61 Å². The van der Waals surface area contributed by atoms with Gasteiger partial charge in [-0.2, -0.15) is 0 Å². The van der Waals surface area contributed by atoms with Crippen LogP contribution < -0.4 is 5.32 Å². The lowest BCUT2D eigenvalue weighted by molar-refractivity contribution is 0.155. The topological polar surface area (TPSA) is 51.2 Å². The van der Waals surface area contributed by atoms with E-state index in [9.17, 15) is 4.79 Å². The summed E-state index contributed by atoms with van der Waals surface area (Å²) in [6.45, 7) is 0.195. The fourth-order valence-electron chi connectivity index (χ4n) is 1.36. The number of hydrogen-bond donors (Lipinski definition) is 1. The summed E-state index contributed by atoms with van der Waals surface area (Å²) in [5, 5.41) is 2.82.